The zero-order valence-electron chi connectivity index (χ0n) is 25.7. The van der Waals surface area contributed by atoms with E-state index < -0.39 is 0 Å². The Morgan fingerprint density at radius 2 is 1.08 bits per heavy atom. The second-order valence-corrected chi connectivity index (χ2v) is 11.5. The zero-order valence-corrected chi connectivity index (χ0v) is 25.7. The summed E-state index contributed by atoms with van der Waals surface area (Å²) < 4.78 is 2.22. The highest BCUT2D eigenvalue weighted by Crippen LogP contribution is 2.46. The zero-order chi connectivity index (χ0) is 31.9. The van der Waals surface area contributed by atoms with Crippen LogP contribution in [0.25, 0.3) is 85.8 Å². The fraction of sp³-hybridized carbons (Fsp3) is 0. The maximum Gasteiger partial charge on any atom is 0.137 e. The van der Waals surface area contributed by atoms with Crippen molar-refractivity contribution in [3.05, 3.63) is 157 Å². The first-order valence-electron chi connectivity index (χ1n) is 15.8. The van der Waals surface area contributed by atoms with Crippen LogP contribution in [-0.4, -0.2) is 34.5 Å². The van der Waals surface area contributed by atoms with Crippen LogP contribution in [0.1, 0.15) is 22.8 Å². The average Bonchev–Trinajstić information content (AvgIpc) is 3.95. The van der Waals surface area contributed by atoms with Crippen LogP contribution in [0.5, 0.6) is 0 Å². The summed E-state index contributed by atoms with van der Waals surface area (Å²) in [4.78, 5) is 28.5. The molecule has 0 fully saturated rings. The lowest BCUT2D eigenvalue weighted by Gasteiger charge is -2.11. The smallest absolute Gasteiger partial charge is 0.137 e. The van der Waals surface area contributed by atoms with Gasteiger partial charge in [-0.25, -0.2) is 15.0 Å². The van der Waals surface area contributed by atoms with Crippen LogP contribution in [0, 0.1) is 0 Å². The standard InChI is InChI=1S/C41H27N7/c1-2-10-27(11-3-1)38-36-26-32-18-17-29(46-32)24-28-15-16-30(45-28)25-31-19-20-35(47-31)39(33-12-4-7-21-42-33)41(40(38)34-13-5-8-22-43-34)48(36)37-14-6-9-23-44-37/h1-26,45H. The molecule has 0 radical (unpaired) electrons. The Hall–Kier alpha value is -6.73. The molecule has 7 nitrogen and oxygen atoms in total. The number of rotatable bonds is 4. The van der Waals surface area contributed by atoms with Gasteiger partial charge < -0.3 is 4.98 Å². The molecule has 0 atom stereocenters. The van der Waals surface area contributed by atoms with Crippen molar-refractivity contribution < 1.29 is 0 Å². The molecule has 2 aliphatic heterocycles. The van der Waals surface area contributed by atoms with Gasteiger partial charge in [-0.1, -0.05) is 48.5 Å². The normalized spacial score (nSPS) is 12.0. The highest BCUT2D eigenvalue weighted by atomic mass is 15.1. The van der Waals surface area contributed by atoms with Crippen LogP contribution >= 0.6 is 0 Å². The molecule has 7 aromatic rings. The monoisotopic (exact) mass is 617 g/mol. The van der Waals surface area contributed by atoms with Gasteiger partial charge in [0.15, 0.2) is 0 Å². The van der Waals surface area contributed by atoms with Crippen molar-refractivity contribution in [2.24, 2.45) is 0 Å². The minimum Gasteiger partial charge on any atom is -0.355 e. The van der Waals surface area contributed by atoms with Gasteiger partial charge in [0.2, 0.25) is 0 Å². The largest absolute Gasteiger partial charge is 0.355 e. The van der Waals surface area contributed by atoms with Crippen molar-refractivity contribution in [1.29, 1.82) is 0 Å². The summed E-state index contributed by atoms with van der Waals surface area (Å²) in [6.07, 6.45) is 13.7. The van der Waals surface area contributed by atoms with E-state index in [1.807, 2.05) is 85.3 Å². The number of nitrogens with zero attached hydrogens (tertiary/aromatic N) is 6. The van der Waals surface area contributed by atoms with Crippen molar-refractivity contribution in [3.63, 3.8) is 0 Å². The summed E-state index contributed by atoms with van der Waals surface area (Å²) in [7, 11) is 0. The Bertz CT molecular complexity index is 2530. The summed E-state index contributed by atoms with van der Waals surface area (Å²) in [6.45, 7) is 0. The van der Waals surface area contributed by atoms with E-state index in [4.69, 9.17) is 24.9 Å². The molecular formula is C41H27N7. The molecule has 7 heteroatoms. The number of H-pyrrole nitrogens is 1. The van der Waals surface area contributed by atoms with Gasteiger partial charge >= 0.3 is 0 Å². The maximum atomic E-state index is 5.21. The van der Waals surface area contributed by atoms with E-state index in [0.29, 0.717) is 0 Å². The second kappa shape index (κ2) is 11.6. The first-order chi connectivity index (χ1) is 23.8. The van der Waals surface area contributed by atoms with Crippen molar-refractivity contribution in [2.45, 2.75) is 0 Å². The van der Waals surface area contributed by atoms with Gasteiger partial charge in [0, 0.05) is 40.8 Å². The number of benzene rings is 1. The van der Waals surface area contributed by atoms with Crippen molar-refractivity contribution in [2.75, 3.05) is 0 Å². The predicted octanol–water partition coefficient (Wildman–Crippen LogP) is 9.30. The summed E-state index contributed by atoms with van der Waals surface area (Å²) in [6, 6.07) is 38.8. The summed E-state index contributed by atoms with van der Waals surface area (Å²) >= 11 is 0. The van der Waals surface area contributed by atoms with E-state index in [1.54, 1.807) is 0 Å². The molecule has 6 aromatic heterocycles. The third-order valence-corrected chi connectivity index (χ3v) is 8.45. The lowest BCUT2D eigenvalue weighted by molar-refractivity contribution is 1.07. The van der Waals surface area contributed by atoms with Crippen LogP contribution in [0.4, 0.5) is 0 Å². The summed E-state index contributed by atoms with van der Waals surface area (Å²) in [5, 5.41) is 0. The van der Waals surface area contributed by atoms with Crippen molar-refractivity contribution in [3.8, 4) is 39.5 Å². The van der Waals surface area contributed by atoms with E-state index in [-0.39, 0.29) is 0 Å². The highest BCUT2D eigenvalue weighted by molar-refractivity contribution is 6.09. The van der Waals surface area contributed by atoms with Crippen LogP contribution in [0.15, 0.2) is 134 Å². The number of hydrogen-bond donors (Lipinski definition) is 1. The van der Waals surface area contributed by atoms with E-state index in [1.165, 1.54) is 0 Å². The topological polar surface area (TPSA) is 85.2 Å². The molecule has 0 amide bonds. The van der Waals surface area contributed by atoms with Gasteiger partial charge in [0.1, 0.15) is 5.82 Å². The molecule has 8 heterocycles. The molecule has 0 aliphatic carbocycles. The van der Waals surface area contributed by atoms with E-state index in [0.717, 1.165) is 84.3 Å². The molecule has 1 N–H and O–H groups in total. The Kier molecular flexibility index (Phi) is 6.64. The fourth-order valence-electron chi connectivity index (χ4n) is 6.44. The Morgan fingerprint density at radius 1 is 0.479 bits per heavy atom. The molecule has 226 valence electrons. The lowest BCUT2D eigenvalue weighted by Crippen LogP contribution is -2.00. The molecule has 8 bridgehead atoms. The van der Waals surface area contributed by atoms with Gasteiger partial charge in [-0.2, -0.15) is 0 Å². The number of pyridine rings is 3. The molecule has 0 saturated carbocycles. The van der Waals surface area contributed by atoms with Gasteiger partial charge in [-0.15, -0.1) is 0 Å². The summed E-state index contributed by atoms with van der Waals surface area (Å²) in [5.74, 6) is 0.752. The molecule has 1 aromatic carbocycles. The number of aromatic amines is 1. The third kappa shape index (κ3) is 4.91. The molecular weight excluding hydrogens is 591 g/mol. The van der Waals surface area contributed by atoms with Crippen molar-refractivity contribution >= 4 is 46.4 Å². The van der Waals surface area contributed by atoms with E-state index >= 15 is 0 Å². The number of fused-ring (bicyclic) bond motifs is 8. The van der Waals surface area contributed by atoms with Crippen LogP contribution < -0.4 is 0 Å². The second-order valence-electron chi connectivity index (χ2n) is 11.5. The summed E-state index contributed by atoms with van der Waals surface area (Å²) in [5.41, 5.74) is 12.5. The Labute approximate surface area is 276 Å². The van der Waals surface area contributed by atoms with Crippen LogP contribution in [0.3, 0.4) is 0 Å². The Balaban J connectivity index is 1.61. The predicted molar refractivity (Wildman–Crippen MR) is 194 cm³/mol. The van der Waals surface area contributed by atoms with E-state index in [9.17, 15) is 0 Å². The Morgan fingerprint density at radius 3 is 1.75 bits per heavy atom. The third-order valence-electron chi connectivity index (χ3n) is 8.45. The van der Waals surface area contributed by atoms with Crippen LogP contribution in [0.2, 0.25) is 0 Å². The molecule has 0 spiro atoms. The van der Waals surface area contributed by atoms with Gasteiger partial charge in [-0.05, 0) is 96.6 Å². The lowest BCUT2D eigenvalue weighted by atomic mass is 9.96. The minimum atomic E-state index is 0.752. The van der Waals surface area contributed by atoms with Gasteiger partial charge in [0.05, 0.1) is 50.8 Å². The molecule has 2 aliphatic rings. The average molecular weight is 618 g/mol. The van der Waals surface area contributed by atoms with Crippen LogP contribution in [-0.2, 0) is 0 Å². The van der Waals surface area contributed by atoms with Crippen molar-refractivity contribution in [1.82, 2.24) is 34.5 Å². The minimum absolute atomic E-state index is 0.752. The van der Waals surface area contributed by atoms with Gasteiger partial charge in [-0.3, -0.25) is 14.5 Å². The van der Waals surface area contributed by atoms with E-state index in [2.05, 4.69) is 82.4 Å². The molecule has 0 saturated heterocycles. The molecule has 48 heavy (non-hydrogen) atoms. The maximum absolute atomic E-state index is 5.21. The first kappa shape index (κ1) is 27.6. The molecule has 9 rings (SSSR count). The number of hydrogen-bond acceptors (Lipinski definition) is 5. The fourth-order valence-corrected chi connectivity index (χ4v) is 6.44. The quantitative estimate of drug-likeness (QED) is 0.213. The highest BCUT2D eigenvalue weighted by Gasteiger charge is 2.26. The van der Waals surface area contributed by atoms with Gasteiger partial charge in [0.25, 0.3) is 0 Å². The first-order valence-corrected chi connectivity index (χ1v) is 15.8. The number of aromatic nitrogens is 7. The SMILES string of the molecule is C1=Cc2cc3c(-c4ccccc4)c(-c4ccccn4)c(c(-c4ccccn4)c4nc(cc5ccc(cc1n2)[nH]5)C=C4)n3-c1ccccn1. The molecule has 0 unspecified atom stereocenters. The number of nitrogens with one attached hydrogen (secondary N) is 1.